The number of rotatable bonds is 15. The maximum atomic E-state index is 13.9. The summed E-state index contributed by atoms with van der Waals surface area (Å²) < 4.78 is 149. The minimum Gasteiger partial charge on any atom is -0.457 e. The van der Waals surface area contributed by atoms with E-state index in [2.05, 4.69) is 47.9 Å². The van der Waals surface area contributed by atoms with Crippen LogP contribution >= 0.6 is 0 Å². The molecule has 37 heteroatoms. The summed E-state index contributed by atoms with van der Waals surface area (Å²) in [4.78, 5) is 156. The highest BCUT2D eigenvalue weighted by atomic mass is 19.4. The zero-order valence-electron chi connectivity index (χ0n) is 67.0. The third-order valence-electron chi connectivity index (χ3n) is 19.2. The van der Waals surface area contributed by atoms with Crippen LogP contribution in [0.5, 0.6) is 34.5 Å². The first-order valence-corrected chi connectivity index (χ1v) is 39.1. The number of nitrogens with zero attached hydrogens (tertiary/aromatic N) is 1. The Balaban J connectivity index is 0.000000211. The van der Waals surface area contributed by atoms with Crippen molar-refractivity contribution in [3.63, 3.8) is 0 Å². The number of nitrogens with one attached hydrogen (secondary N) is 11. The summed E-state index contributed by atoms with van der Waals surface area (Å²) in [6, 6.07) is 39.2. The van der Waals surface area contributed by atoms with E-state index >= 15 is 0 Å². The Morgan fingerprint density at radius 3 is 1.17 bits per heavy atom. The lowest BCUT2D eigenvalue weighted by atomic mass is 10.00. The molecule has 27 nitrogen and oxygen atoms in total. The van der Waals surface area contributed by atoms with Crippen LogP contribution in [0.1, 0.15) is 92.3 Å². The first-order valence-electron chi connectivity index (χ1n) is 39.1. The van der Waals surface area contributed by atoms with Gasteiger partial charge in [-0.25, -0.2) is 17.6 Å². The van der Waals surface area contributed by atoms with Crippen LogP contribution in [0, 0.1) is 0 Å². The van der Waals surface area contributed by atoms with Crippen molar-refractivity contribution in [3.05, 3.63) is 215 Å². The van der Waals surface area contributed by atoms with Gasteiger partial charge in [-0.2, -0.15) is 26.3 Å². The highest BCUT2D eigenvalue weighted by Crippen LogP contribution is 2.31. The Labute approximate surface area is 700 Å². The monoisotopic (exact) mass is 1720 g/mol. The fourth-order valence-electron chi connectivity index (χ4n) is 13.4. The maximum absolute atomic E-state index is 13.9. The van der Waals surface area contributed by atoms with E-state index in [1.807, 2.05) is 11.4 Å². The largest absolute Gasteiger partial charge is 0.457 e. The summed E-state index contributed by atoms with van der Waals surface area (Å²) in [5.41, 5.74) is 4.30. The number of carbonyl (C=O) groups is 12. The van der Waals surface area contributed by atoms with Gasteiger partial charge >= 0.3 is 12.4 Å². The molecule has 12 amide bonds. The van der Waals surface area contributed by atoms with E-state index in [9.17, 15) is 101 Å². The number of fused-ring (bicyclic) bond motifs is 12. The van der Waals surface area contributed by atoms with Gasteiger partial charge in [-0.05, 0) is 132 Å². The number of amides is 12. The normalized spacial score (nSPS) is 20.0. The number of halogens is 10. The Bertz CT molecular complexity index is 4940. The second kappa shape index (κ2) is 42.9. The zero-order valence-corrected chi connectivity index (χ0v) is 67.0. The van der Waals surface area contributed by atoms with Crippen molar-refractivity contribution in [2.45, 2.75) is 171 Å². The Hall–Kier alpha value is -13.1. The molecule has 123 heavy (non-hydrogen) atoms. The second-order valence-electron chi connectivity index (χ2n) is 30.0. The van der Waals surface area contributed by atoms with Crippen molar-refractivity contribution in [3.8, 4) is 34.5 Å². The number of benzene rings is 7. The third kappa shape index (κ3) is 31.8. The minimum atomic E-state index is -4.73. The molecule has 1 saturated heterocycles. The van der Waals surface area contributed by atoms with Gasteiger partial charge in [0.2, 0.25) is 76.8 Å². The third-order valence-corrected chi connectivity index (χ3v) is 19.2. The summed E-state index contributed by atoms with van der Waals surface area (Å²) >= 11 is 0. The second-order valence-corrected chi connectivity index (χ2v) is 30.0. The highest BCUT2D eigenvalue weighted by Gasteiger charge is 2.40. The molecule has 0 aliphatic carbocycles. The van der Waals surface area contributed by atoms with E-state index in [1.54, 1.807) is 169 Å². The van der Waals surface area contributed by atoms with Crippen LogP contribution in [0.4, 0.5) is 43.9 Å². The smallest absolute Gasteiger partial charge is 0.405 e. The maximum Gasteiger partial charge on any atom is 0.405 e. The molecule has 8 atom stereocenters. The molecular formula is C86H92F10N12O15. The fraction of sp³-hybridized carbons (Fsp3) is 0.372. The van der Waals surface area contributed by atoms with Crippen LogP contribution in [0.3, 0.4) is 0 Å². The van der Waals surface area contributed by atoms with Gasteiger partial charge in [0.15, 0.2) is 0 Å². The van der Waals surface area contributed by atoms with Gasteiger partial charge in [0, 0.05) is 85.1 Å². The van der Waals surface area contributed by atoms with E-state index in [0.29, 0.717) is 95.5 Å². The lowest BCUT2D eigenvalue weighted by Gasteiger charge is -2.30. The van der Waals surface area contributed by atoms with Gasteiger partial charge in [0.25, 0.3) is 5.92 Å². The van der Waals surface area contributed by atoms with Crippen molar-refractivity contribution < 1.29 is 116 Å². The summed E-state index contributed by atoms with van der Waals surface area (Å²) in [6.45, 7) is -0.514. The van der Waals surface area contributed by atoms with Crippen molar-refractivity contribution in [2.24, 2.45) is 0 Å². The molecule has 0 aromatic heterocycles. The topological polar surface area (TPSA) is 368 Å². The summed E-state index contributed by atoms with van der Waals surface area (Å²) in [5.74, 6) is -12.6. The molecule has 4 aliphatic heterocycles. The quantitative estimate of drug-likeness (QED) is 0.0432. The van der Waals surface area contributed by atoms with Crippen molar-refractivity contribution in [2.75, 3.05) is 32.7 Å². The Kier molecular flexibility index (Phi) is 32.7. The Morgan fingerprint density at radius 2 is 0.789 bits per heavy atom. The lowest BCUT2D eigenvalue weighted by Crippen LogP contribution is -2.58. The van der Waals surface area contributed by atoms with Gasteiger partial charge in [-0.3, -0.25) is 57.5 Å². The average Bonchev–Trinajstić information content (AvgIpc) is 1.80. The SMILES string of the molecule is CC(=O)N[C@H]1Cc2cccc(c2)Oc2cccc(c2)C[C@@H](C(=O)NCC(C)(F)F)NC(=O)CNC1=O.CC(=O)N[C@H]1Cc2cccc(c2)Oc2cccc(c2)C[C@@H](C(=O)NCC(F)(F)F)NC(=O)[C@H](CCC(C)(F)F)NC1=O.O=C(NCC(F)(F)F)[C@@H]1Cc2cccc(c2)Oc2cccc(c2)C[C@H](N2CCCC2=O)C(=O)N[C@@H](Cc2ccccc2)C(=O)N1. The zero-order chi connectivity index (χ0) is 89.3. The standard InChI is InChI=1S/C33H33F3N4O5.C28H31F5N4O5.C25H28F2N4O5/c34-33(35,36)20-37-30(42)26-18-22-9-4-11-24(15-22)45-25-12-5-10-23(16-25)19-28(40-14-6-13-29(40)41)32(44)39-27(31(43)38-26)17-21-7-2-1-3-8-21;1-16(38)35-23-14-18-6-4-8-20(12-18)42-19-7-3-5-17(11-19)13-22(24(39)34-15-28(31,32)33)37-25(40)21(36-26(23)41)9-10-27(2,29)30;1-15(32)30-20-11-16-5-3-7-18(9-16)36-19-8-4-6-17(10-19)12-21(24(35)29-14-25(2,26)27)31-22(33)13-28-23(20)34/h1-5,7-12,15-16,26-28H,6,13-14,17-20H2,(H,37,42)(H,38,43)(H,39,44);3-8,11-12,21-23H,9-10,13-15H2,1-2H3,(H,34,39)(H,35,38)(H,36,41)(H,37,40);3-10,20-21H,11-14H2,1-2H3,(H,28,34)(H,29,35)(H,30,32)(H,31,33)/t26-,27-,28-;21-,22-,23-;20-,21-/m000/s1. The van der Waals surface area contributed by atoms with Gasteiger partial charge in [-0.1, -0.05) is 103 Å². The van der Waals surface area contributed by atoms with Crippen LogP contribution in [0.15, 0.2) is 176 Å². The number of alkyl halides is 10. The van der Waals surface area contributed by atoms with E-state index in [0.717, 1.165) is 11.1 Å². The molecule has 11 N–H and O–H groups in total. The molecule has 0 radical (unpaired) electrons. The molecule has 1 fully saturated rings. The van der Waals surface area contributed by atoms with E-state index in [1.165, 1.54) is 24.8 Å². The molecule has 656 valence electrons. The number of ether oxygens (including phenoxy) is 3. The number of hydrogen-bond acceptors (Lipinski definition) is 15. The van der Waals surface area contributed by atoms with Crippen LogP contribution in [0.25, 0.3) is 0 Å². The van der Waals surface area contributed by atoms with Crippen molar-refractivity contribution in [1.29, 1.82) is 0 Å². The van der Waals surface area contributed by atoms with Crippen LogP contribution < -0.4 is 72.7 Å². The van der Waals surface area contributed by atoms with Crippen LogP contribution in [-0.4, -0.2) is 181 Å². The molecule has 0 spiro atoms. The number of carbonyl (C=O) groups excluding carboxylic acids is 12. The molecule has 7 aromatic carbocycles. The van der Waals surface area contributed by atoms with Gasteiger partial charge in [0.05, 0.1) is 13.1 Å². The summed E-state index contributed by atoms with van der Waals surface area (Å²) in [5, 5.41) is 25.7. The fourth-order valence-corrected chi connectivity index (χ4v) is 13.4. The molecule has 12 bridgehead atoms. The predicted octanol–water partition coefficient (Wildman–Crippen LogP) is 8.08. The van der Waals surface area contributed by atoms with Crippen LogP contribution in [0.2, 0.25) is 0 Å². The van der Waals surface area contributed by atoms with Crippen LogP contribution in [-0.2, 0) is 102 Å². The number of likely N-dealkylation sites (tertiary alicyclic amines) is 1. The Morgan fingerprint density at radius 1 is 0.415 bits per heavy atom. The molecule has 11 rings (SSSR count). The highest BCUT2D eigenvalue weighted by molar-refractivity contribution is 5.97. The van der Waals surface area contributed by atoms with Gasteiger partial charge in [0.1, 0.15) is 95.9 Å². The molecule has 7 aromatic rings. The van der Waals surface area contributed by atoms with Gasteiger partial charge in [-0.15, -0.1) is 0 Å². The first-order chi connectivity index (χ1) is 58.1. The minimum absolute atomic E-state index is 0.00738. The van der Waals surface area contributed by atoms with Crippen molar-refractivity contribution >= 4 is 70.9 Å². The van der Waals surface area contributed by atoms with Crippen molar-refractivity contribution in [1.82, 2.24) is 63.4 Å². The average molecular weight is 1720 g/mol. The molecule has 4 aliphatic rings. The molecular weight excluding hydrogens is 1630 g/mol. The summed E-state index contributed by atoms with van der Waals surface area (Å²) in [7, 11) is 0. The van der Waals surface area contributed by atoms with E-state index < -0.39 is 177 Å². The molecule has 0 saturated carbocycles. The van der Waals surface area contributed by atoms with E-state index in [-0.39, 0.29) is 50.9 Å². The molecule has 4 heterocycles. The summed E-state index contributed by atoms with van der Waals surface area (Å²) in [6.07, 6.45) is -10.1. The first kappa shape index (κ1) is 93.7. The van der Waals surface area contributed by atoms with E-state index in [4.69, 9.17) is 14.2 Å². The van der Waals surface area contributed by atoms with Gasteiger partial charge < -0.3 is 77.6 Å². The lowest BCUT2D eigenvalue weighted by molar-refractivity contribution is -0.141. The molecule has 0 unspecified atom stereocenters. The number of hydrogen-bond donors (Lipinski definition) is 11. The predicted molar refractivity (Wildman–Crippen MR) is 425 cm³/mol.